The highest BCUT2D eigenvalue weighted by molar-refractivity contribution is 7.86. The largest absolute Gasteiger partial charge is 0.297 e. The molecule has 0 aliphatic heterocycles. The Hall–Kier alpha value is -2.73. The molecule has 1 aromatic heterocycles. The Morgan fingerprint density at radius 3 is 2.34 bits per heavy atom. The zero-order valence-electron chi connectivity index (χ0n) is 15.7. The lowest BCUT2D eigenvalue weighted by atomic mass is 10.1. The smallest absolute Gasteiger partial charge is 0.260 e. The summed E-state index contributed by atoms with van der Waals surface area (Å²) in [5.41, 5.74) is 3.16. The van der Waals surface area contributed by atoms with E-state index >= 15 is 0 Å². The van der Waals surface area contributed by atoms with Crippen LogP contribution >= 0.6 is 11.6 Å². The van der Waals surface area contributed by atoms with E-state index in [9.17, 15) is 8.42 Å². The summed E-state index contributed by atoms with van der Waals surface area (Å²) in [6.45, 7) is 1.74. The minimum absolute atomic E-state index is 0.126. The van der Waals surface area contributed by atoms with Crippen LogP contribution in [0, 0.1) is 6.92 Å². The summed E-state index contributed by atoms with van der Waals surface area (Å²) in [5.74, 6) is 0. The average Bonchev–Trinajstić information content (AvgIpc) is 2.73. The third-order valence-corrected chi connectivity index (χ3v) is 6.15. The minimum Gasteiger partial charge on any atom is -0.260 e. The molecule has 0 fully saturated rings. The van der Waals surface area contributed by atoms with Crippen LogP contribution in [-0.4, -0.2) is 13.4 Å². The molecule has 0 bridgehead atoms. The van der Waals surface area contributed by atoms with Crippen molar-refractivity contribution < 1.29 is 12.6 Å². The summed E-state index contributed by atoms with van der Waals surface area (Å²) in [6.07, 6.45) is 0. The second-order valence-electron chi connectivity index (χ2n) is 6.71. The number of fused-ring (bicyclic) bond motifs is 1. The van der Waals surface area contributed by atoms with Gasteiger partial charge in [-0.05, 0) is 42.6 Å². The molecule has 4 aromatic rings. The van der Waals surface area contributed by atoms with Gasteiger partial charge in [-0.15, -0.1) is 0 Å². The van der Waals surface area contributed by atoms with Crippen LogP contribution in [0.4, 0.5) is 0 Å². The topological polar surface area (TPSA) is 56.3 Å². The van der Waals surface area contributed by atoms with Crippen molar-refractivity contribution in [2.75, 3.05) is 0 Å². The van der Waals surface area contributed by atoms with Gasteiger partial charge < -0.3 is 0 Å². The van der Waals surface area contributed by atoms with Gasteiger partial charge in [0, 0.05) is 16.0 Å². The SMILES string of the molecule is Cc1ccc(S(=O)(=O)OCc2nc(-c3ccc(Cl)cc3)cc3ccccc23)cc1. The summed E-state index contributed by atoms with van der Waals surface area (Å²) in [5, 5.41) is 2.45. The first-order valence-corrected chi connectivity index (χ1v) is 10.8. The van der Waals surface area contributed by atoms with Crippen LogP contribution in [0.15, 0.2) is 83.8 Å². The number of hydrogen-bond donors (Lipinski definition) is 0. The molecule has 146 valence electrons. The van der Waals surface area contributed by atoms with Crippen LogP contribution in [0.2, 0.25) is 5.02 Å². The zero-order chi connectivity index (χ0) is 20.4. The molecule has 1 heterocycles. The predicted molar refractivity (Wildman–Crippen MR) is 115 cm³/mol. The van der Waals surface area contributed by atoms with Gasteiger partial charge in [-0.25, -0.2) is 4.98 Å². The highest BCUT2D eigenvalue weighted by atomic mass is 35.5. The maximum atomic E-state index is 12.6. The van der Waals surface area contributed by atoms with Crippen LogP contribution < -0.4 is 0 Å². The lowest BCUT2D eigenvalue weighted by molar-refractivity contribution is 0.305. The van der Waals surface area contributed by atoms with Gasteiger partial charge in [0.05, 0.1) is 16.3 Å². The highest BCUT2D eigenvalue weighted by Gasteiger charge is 2.17. The number of halogens is 1. The number of pyridine rings is 1. The molecule has 0 atom stereocenters. The normalized spacial score (nSPS) is 11.7. The molecule has 6 heteroatoms. The van der Waals surface area contributed by atoms with Gasteiger partial charge in [0.2, 0.25) is 0 Å². The molecule has 0 saturated carbocycles. The maximum absolute atomic E-state index is 12.6. The van der Waals surface area contributed by atoms with Crippen molar-refractivity contribution >= 4 is 32.5 Å². The zero-order valence-corrected chi connectivity index (χ0v) is 17.2. The molecule has 0 aliphatic carbocycles. The van der Waals surface area contributed by atoms with Crippen molar-refractivity contribution in [1.29, 1.82) is 0 Å². The molecule has 0 saturated heterocycles. The van der Waals surface area contributed by atoms with E-state index in [4.69, 9.17) is 15.8 Å². The minimum atomic E-state index is -3.88. The van der Waals surface area contributed by atoms with Crippen LogP contribution in [0.25, 0.3) is 22.0 Å². The fourth-order valence-electron chi connectivity index (χ4n) is 3.06. The number of aromatic nitrogens is 1. The van der Waals surface area contributed by atoms with Gasteiger partial charge >= 0.3 is 0 Å². The Labute approximate surface area is 174 Å². The van der Waals surface area contributed by atoms with E-state index in [1.165, 1.54) is 0 Å². The maximum Gasteiger partial charge on any atom is 0.297 e. The molecule has 0 spiro atoms. The van der Waals surface area contributed by atoms with E-state index in [1.54, 1.807) is 36.4 Å². The van der Waals surface area contributed by atoms with Crippen molar-refractivity contribution in [3.63, 3.8) is 0 Å². The molecule has 29 heavy (non-hydrogen) atoms. The van der Waals surface area contributed by atoms with Crippen LogP contribution in [0.3, 0.4) is 0 Å². The fourth-order valence-corrected chi connectivity index (χ4v) is 4.05. The lowest BCUT2D eigenvalue weighted by Gasteiger charge is -2.11. The second-order valence-corrected chi connectivity index (χ2v) is 8.76. The third-order valence-electron chi connectivity index (χ3n) is 4.62. The quantitative estimate of drug-likeness (QED) is 0.382. The van der Waals surface area contributed by atoms with Gasteiger partial charge in [-0.1, -0.05) is 65.7 Å². The number of aryl methyl sites for hydroxylation is 1. The van der Waals surface area contributed by atoms with E-state index in [0.29, 0.717) is 10.7 Å². The van der Waals surface area contributed by atoms with Crippen molar-refractivity contribution in [2.45, 2.75) is 18.4 Å². The summed E-state index contributed by atoms with van der Waals surface area (Å²) in [7, 11) is -3.88. The van der Waals surface area contributed by atoms with Crippen LogP contribution in [0.1, 0.15) is 11.3 Å². The summed E-state index contributed by atoms with van der Waals surface area (Å²) >= 11 is 5.99. The van der Waals surface area contributed by atoms with Gasteiger partial charge in [0.1, 0.15) is 6.61 Å². The lowest BCUT2D eigenvalue weighted by Crippen LogP contribution is -2.08. The van der Waals surface area contributed by atoms with E-state index in [-0.39, 0.29) is 11.5 Å². The Kier molecular flexibility index (Phi) is 5.37. The third kappa shape index (κ3) is 4.32. The standard InChI is InChI=1S/C23H18ClNO3S/c1-16-6-12-20(13-7-16)29(26,27)28-15-23-21-5-3-2-4-18(21)14-22(25-23)17-8-10-19(24)11-9-17/h2-14H,15H2,1H3. The molecule has 0 amide bonds. The first-order valence-electron chi connectivity index (χ1n) is 9.03. The molecular weight excluding hydrogens is 406 g/mol. The second kappa shape index (κ2) is 7.95. The van der Waals surface area contributed by atoms with Gasteiger partial charge in [0.25, 0.3) is 10.1 Å². The molecule has 4 rings (SSSR count). The monoisotopic (exact) mass is 423 g/mol. The van der Waals surface area contributed by atoms with Crippen LogP contribution in [0.5, 0.6) is 0 Å². The van der Waals surface area contributed by atoms with E-state index < -0.39 is 10.1 Å². The van der Waals surface area contributed by atoms with Crippen molar-refractivity contribution in [3.8, 4) is 11.3 Å². The molecule has 3 aromatic carbocycles. The van der Waals surface area contributed by atoms with Crippen molar-refractivity contribution in [1.82, 2.24) is 4.98 Å². The molecule has 0 unspecified atom stereocenters. The Bertz CT molecular complexity index is 1270. The fraction of sp³-hybridized carbons (Fsp3) is 0.0870. The first kappa shape index (κ1) is 19.6. The summed E-state index contributed by atoms with van der Waals surface area (Å²) in [6, 6.07) is 23.6. The molecular formula is C23H18ClNO3S. The van der Waals surface area contributed by atoms with Crippen LogP contribution in [-0.2, 0) is 20.9 Å². The molecule has 0 radical (unpaired) electrons. The first-order chi connectivity index (χ1) is 13.9. The number of benzene rings is 3. The molecule has 4 nitrogen and oxygen atoms in total. The van der Waals surface area contributed by atoms with Crippen molar-refractivity contribution in [2.24, 2.45) is 0 Å². The van der Waals surface area contributed by atoms with E-state index in [2.05, 4.69) is 4.98 Å². The average molecular weight is 424 g/mol. The van der Waals surface area contributed by atoms with E-state index in [1.807, 2.05) is 49.4 Å². The molecule has 0 N–H and O–H groups in total. The number of nitrogens with zero attached hydrogens (tertiary/aromatic N) is 1. The highest BCUT2D eigenvalue weighted by Crippen LogP contribution is 2.27. The Morgan fingerprint density at radius 2 is 1.62 bits per heavy atom. The van der Waals surface area contributed by atoms with Gasteiger partial charge in [-0.3, -0.25) is 4.18 Å². The van der Waals surface area contributed by atoms with Crippen molar-refractivity contribution in [3.05, 3.63) is 95.1 Å². The summed E-state index contributed by atoms with van der Waals surface area (Å²) < 4.78 is 30.5. The summed E-state index contributed by atoms with van der Waals surface area (Å²) in [4.78, 5) is 4.81. The Morgan fingerprint density at radius 1 is 0.931 bits per heavy atom. The van der Waals surface area contributed by atoms with Gasteiger partial charge in [0.15, 0.2) is 0 Å². The van der Waals surface area contributed by atoms with Gasteiger partial charge in [-0.2, -0.15) is 8.42 Å². The molecule has 0 aliphatic rings. The van der Waals surface area contributed by atoms with E-state index in [0.717, 1.165) is 27.6 Å². The number of rotatable bonds is 5. The number of hydrogen-bond acceptors (Lipinski definition) is 4. The predicted octanol–water partition coefficient (Wildman–Crippen LogP) is 5.77. The Balaban J connectivity index is 1.70.